The second-order valence-electron chi connectivity index (χ2n) is 7.46. The van der Waals surface area contributed by atoms with E-state index in [1.54, 1.807) is 16.8 Å². The second-order valence-corrected chi connectivity index (χ2v) is 12.6. The van der Waals surface area contributed by atoms with Crippen molar-refractivity contribution in [2.24, 2.45) is 0 Å². The summed E-state index contributed by atoms with van der Waals surface area (Å²) in [5.41, 5.74) is 1.40. The molecule has 0 amide bonds. The predicted molar refractivity (Wildman–Crippen MR) is 111 cm³/mol. The summed E-state index contributed by atoms with van der Waals surface area (Å²) in [6.07, 6.45) is 13.0. The van der Waals surface area contributed by atoms with E-state index in [-0.39, 0.29) is 0 Å². The molecule has 0 saturated carbocycles. The van der Waals surface area contributed by atoms with Crippen molar-refractivity contribution >= 4 is 24.9 Å². The molecule has 2 aromatic rings. The average Bonchev–Trinajstić information content (AvgIpc) is 3.03. The van der Waals surface area contributed by atoms with Gasteiger partial charge in [-0.2, -0.15) is 0 Å². The molecule has 0 bridgehead atoms. The van der Waals surface area contributed by atoms with Crippen LogP contribution in [0.25, 0.3) is 5.69 Å². The van der Waals surface area contributed by atoms with Crippen molar-refractivity contribution in [3.8, 4) is 5.69 Å². The van der Waals surface area contributed by atoms with Crippen molar-refractivity contribution in [2.75, 3.05) is 0 Å². The predicted octanol–water partition coefficient (Wildman–Crippen LogP) is 5.17. The Bertz CT molecular complexity index is 679. The van der Waals surface area contributed by atoms with Gasteiger partial charge in [-0.05, 0) is 0 Å². The van der Waals surface area contributed by atoms with Crippen molar-refractivity contribution in [1.29, 1.82) is 0 Å². The van der Waals surface area contributed by atoms with Crippen LogP contribution < -0.4 is 3.71 Å². The maximum absolute atomic E-state index is 14.1. The Morgan fingerprint density at radius 2 is 1.63 bits per heavy atom. The Labute approximate surface area is 173 Å². The Morgan fingerprint density at radius 3 is 2.15 bits per heavy atom. The molecule has 148 valence electrons. The standard InChI is InChI=1S/C13H27.C8H6FN4.Sn/c1-4-7-10-13(11-8-5-2)12-9-6-3;1-6-5-11-12-13(6)7-3-2-4-10-8(7)9;/h4-12H2,1-3H3;2-4H,1H3;. The number of hydrogen-bond acceptors (Lipinski definition) is 3. The van der Waals surface area contributed by atoms with Crippen molar-refractivity contribution in [2.45, 2.75) is 88.9 Å². The summed E-state index contributed by atoms with van der Waals surface area (Å²) in [5.74, 6) is -0.489. The molecule has 0 spiro atoms. The molecule has 0 aliphatic heterocycles. The Kier molecular flexibility index (Phi) is 9.19. The minimum absolute atomic E-state index is 0.398. The zero-order valence-corrected chi connectivity index (χ0v) is 20.1. The third kappa shape index (κ3) is 6.00. The molecule has 0 saturated heterocycles. The average molecular weight is 479 g/mol. The summed E-state index contributed by atoms with van der Waals surface area (Å²) in [5, 5.41) is 8.84. The summed E-state index contributed by atoms with van der Waals surface area (Å²) in [6, 6.07) is 3.46. The molecule has 6 heteroatoms. The Morgan fingerprint density at radius 1 is 1.04 bits per heavy atom. The van der Waals surface area contributed by atoms with Gasteiger partial charge in [-0.15, -0.1) is 0 Å². The quantitative estimate of drug-likeness (QED) is 0.312. The van der Waals surface area contributed by atoms with E-state index in [9.17, 15) is 4.39 Å². The van der Waals surface area contributed by atoms with E-state index in [1.165, 1.54) is 67.7 Å². The summed E-state index contributed by atoms with van der Waals surface area (Å²) in [4.78, 5) is 3.76. The van der Waals surface area contributed by atoms with Crippen LogP contribution in [0.5, 0.6) is 0 Å². The summed E-state index contributed by atoms with van der Waals surface area (Å²) in [7, 11) is 0. The molecule has 0 aromatic carbocycles. The van der Waals surface area contributed by atoms with Gasteiger partial charge in [0.1, 0.15) is 0 Å². The van der Waals surface area contributed by atoms with Crippen LogP contribution >= 0.6 is 0 Å². The van der Waals surface area contributed by atoms with Crippen LogP contribution in [0.1, 0.15) is 84.3 Å². The summed E-state index contributed by atoms with van der Waals surface area (Å²) < 4.78 is 17.4. The number of pyridine rings is 1. The van der Waals surface area contributed by atoms with Crippen LogP contribution in [0, 0.1) is 12.9 Å². The van der Waals surface area contributed by atoms with Crippen LogP contribution in [0.2, 0.25) is 3.43 Å². The van der Waals surface area contributed by atoms with E-state index < -0.39 is 27.1 Å². The van der Waals surface area contributed by atoms with Gasteiger partial charge in [-0.25, -0.2) is 0 Å². The SMILES string of the molecule is CCCC[C](CCCC)(CCCC)[Sn][c]1nnn(-c2cccnc2F)c1C. The van der Waals surface area contributed by atoms with Gasteiger partial charge in [0.05, 0.1) is 0 Å². The van der Waals surface area contributed by atoms with E-state index in [2.05, 4.69) is 36.1 Å². The molecular formula is C21H33FN4Sn. The second kappa shape index (κ2) is 11.1. The van der Waals surface area contributed by atoms with E-state index in [0.29, 0.717) is 9.12 Å². The first-order valence-electron chi connectivity index (χ1n) is 10.4. The van der Waals surface area contributed by atoms with Crippen LogP contribution in [-0.4, -0.2) is 41.1 Å². The molecule has 0 N–H and O–H groups in total. The van der Waals surface area contributed by atoms with Gasteiger partial charge in [0.2, 0.25) is 0 Å². The number of unbranched alkanes of at least 4 members (excludes halogenated alkanes) is 3. The fourth-order valence-corrected chi connectivity index (χ4v) is 8.67. The molecule has 2 heterocycles. The molecular weight excluding hydrogens is 446 g/mol. The van der Waals surface area contributed by atoms with Crippen molar-refractivity contribution in [1.82, 2.24) is 20.0 Å². The number of aromatic nitrogens is 4. The number of halogens is 1. The zero-order chi connectivity index (χ0) is 19.7. The van der Waals surface area contributed by atoms with E-state index in [4.69, 9.17) is 0 Å². The van der Waals surface area contributed by atoms with Crippen LogP contribution in [0.4, 0.5) is 4.39 Å². The molecule has 4 nitrogen and oxygen atoms in total. The first-order chi connectivity index (χ1) is 13.1. The molecule has 0 atom stereocenters. The van der Waals surface area contributed by atoms with E-state index in [0.717, 1.165) is 5.69 Å². The van der Waals surface area contributed by atoms with Gasteiger partial charge in [-0.3, -0.25) is 0 Å². The van der Waals surface area contributed by atoms with Crippen molar-refractivity contribution < 1.29 is 4.39 Å². The maximum atomic E-state index is 14.1. The minimum atomic E-state index is -0.977. The van der Waals surface area contributed by atoms with Crippen molar-refractivity contribution in [3.05, 3.63) is 30.0 Å². The van der Waals surface area contributed by atoms with Gasteiger partial charge < -0.3 is 0 Å². The Balaban J connectivity index is 2.31. The molecule has 2 rings (SSSR count). The molecule has 0 aliphatic carbocycles. The molecule has 27 heavy (non-hydrogen) atoms. The first kappa shape index (κ1) is 22.3. The Hall–Kier alpha value is -0.981. The van der Waals surface area contributed by atoms with Gasteiger partial charge in [0.25, 0.3) is 0 Å². The van der Waals surface area contributed by atoms with E-state index >= 15 is 0 Å². The van der Waals surface area contributed by atoms with Crippen LogP contribution in [-0.2, 0) is 0 Å². The summed E-state index contributed by atoms with van der Waals surface area (Å²) >= 11 is -0.977. The molecule has 2 radical (unpaired) electrons. The third-order valence-electron chi connectivity index (χ3n) is 5.27. The number of hydrogen-bond donors (Lipinski definition) is 0. The molecule has 2 aromatic heterocycles. The van der Waals surface area contributed by atoms with Gasteiger partial charge in [-0.1, -0.05) is 0 Å². The first-order valence-corrected chi connectivity index (χ1v) is 13.2. The van der Waals surface area contributed by atoms with Gasteiger partial charge >= 0.3 is 174 Å². The van der Waals surface area contributed by atoms with Crippen LogP contribution in [0.3, 0.4) is 0 Å². The molecule has 0 aliphatic rings. The molecule has 0 fully saturated rings. The van der Waals surface area contributed by atoms with E-state index in [1.807, 2.05) is 6.92 Å². The monoisotopic (exact) mass is 480 g/mol. The van der Waals surface area contributed by atoms with Gasteiger partial charge in [0, 0.05) is 0 Å². The fraction of sp³-hybridized carbons (Fsp3) is 0.667. The van der Waals surface area contributed by atoms with Gasteiger partial charge in [0.15, 0.2) is 0 Å². The number of nitrogens with zero attached hydrogens (tertiary/aromatic N) is 4. The van der Waals surface area contributed by atoms with Crippen molar-refractivity contribution in [3.63, 3.8) is 0 Å². The normalized spacial score (nSPS) is 11.9. The summed E-state index contributed by atoms with van der Waals surface area (Å²) in [6.45, 7) is 8.87. The van der Waals surface area contributed by atoms with Crippen LogP contribution in [0.15, 0.2) is 18.3 Å². The topological polar surface area (TPSA) is 43.6 Å². The fourth-order valence-electron chi connectivity index (χ4n) is 3.57. The number of rotatable bonds is 12. The zero-order valence-electron chi connectivity index (χ0n) is 17.3. The third-order valence-corrected chi connectivity index (χ3v) is 10.9. The molecule has 0 unspecified atom stereocenters.